The second kappa shape index (κ2) is 7.29. The lowest BCUT2D eigenvalue weighted by Gasteiger charge is -2.26. The fourth-order valence-electron chi connectivity index (χ4n) is 3.44. The summed E-state index contributed by atoms with van der Waals surface area (Å²) in [5.74, 6) is 2.03. The van der Waals surface area contributed by atoms with Crippen LogP contribution >= 0.6 is 0 Å². The average molecular weight is 330 g/mol. The van der Waals surface area contributed by atoms with Crippen molar-refractivity contribution in [3.8, 4) is 0 Å². The first-order valence-electron chi connectivity index (χ1n) is 9.48. The molecule has 1 saturated carbocycles. The summed E-state index contributed by atoms with van der Waals surface area (Å²) in [7, 11) is 0. The van der Waals surface area contributed by atoms with Crippen LogP contribution in [0.15, 0.2) is 24.3 Å². The normalized spacial score (nSPS) is 20.5. The summed E-state index contributed by atoms with van der Waals surface area (Å²) in [4.78, 5) is 15.0. The van der Waals surface area contributed by atoms with E-state index in [1.54, 1.807) is 0 Å². The van der Waals surface area contributed by atoms with Crippen LogP contribution in [0.1, 0.15) is 71.9 Å². The van der Waals surface area contributed by atoms with E-state index in [4.69, 9.17) is 0 Å². The second-order valence-corrected chi connectivity index (χ2v) is 9.35. The molecule has 0 radical (unpaired) electrons. The number of benzene rings is 1. The highest BCUT2D eigenvalue weighted by molar-refractivity contribution is 5.83. The molecule has 1 amide bonds. The molecule has 1 aliphatic rings. The van der Waals surface area contributed by atoms with Gasteiger partial charge in [0.1, 0.15) is 0 Å². The SMILES string of the molecule is CC(C)CN(CC(C)C)C(=O)[C@H]1C[C@@H]1c1ccc(C(C)(C)C)cc1. The fraction of sp³-hybridized carbons (Fsp3) is 0.682. The van der Waals surface area contributed by atoms with Crippen LogP contribution in [0.25, 0.3) is 0 Å². The molecule has 2 atom stereocenters. The Morgan fingerprint density at radius 1 is 1.04 bits per heavy atom. The van der Waals surface area contributed by atoms with Crippen LogP contribution in [0.3, 0.4) is 0 Å². The first kappa shape index (κ1) is 19.0. The summed E-state index contributed by atoms with van der Waals surface area (Å²) < 4.78 is 0. The van der Waals surface area contributed by atoms with Gasteiger partial charge in [-0.05, 0) is 40.7 Å². The van der Waals surface area contributed by atoms with Crippen LogP contribution in [-0.2, 0) is 10.2 Å². The molecule has 2 rings (SSSR count). The van der Waals surface area contributed by atoms with Crippen LogP contribution in [0.4, 0.5) is 0 Å². The van der Waals surface area contributed by atoms with Crippen LogP contribution in [0.2, 0.25) is 0 Å². The zero-order chi connectivity index (χ0) is 18.1. The predicted octanol–water partition coefficient (Wildman–Crippen LogP) is 5.23. The minimum atomic E-state index is 0.183. The molecule has 2 heteroatoms. The predicted molar refractivity (Wildman–Crippen MR) is 102 cm³/mol. The van der Waals surface area contributed by atoms with Gasteiger partial charge in [-0.3, -0.25) is 4.79 Å². The average Bonchev–Trinajstić information content (AvgIpc) is 3.24. The number of hydrogen-bond acceptors (Lipinski definition) is 1. The van der Waals surface area contributed by atoms with E-state index in [1.165, 1.54) is 11.1 Å². The highest BCUT2D eigenvalue weighted by Crippen LogP contribution is 2.48. The molecule has 0 saturated heterocycles. The molecule has 1 fully saturated rings. The van der Waals surface area contributed by atoms with Crippen molar-refractivity contribution in [1.29, 1.82) is 0 Å². The molecule has 0 bridgehead atoms. The Kier molecular flexibility index (Phi) is 5.78. The number of carbonyl (C=O) groups excluding carboxylic acids is 1. The monoisotopic (exact) mass is 329 g/mol. The lowest BCUT2D eigenvalue weighted by molar-refractivity contribution is -0.133. The third-order valence-electron chi connectivity index (χ3n) is 4.80. The van der Waals surface area contributed by atoms with Crippen LogP contribution < -0.4 is 0 Å². The van der Waals surface area contributed by atoms with E-state index >= 15 is 0 Å². The van der Waals surface area contributed by atoms with Crippen molar-refractivity contribution in [3.05, 3.63) is 35.4 Å². The zero-order valence-electron chi connectivity index (χ0n) is 16.6. The smallest absolute Gasteiger partial charge is 0.226 e. The molecule has 0 aromatic heterocycles. The molecular formula is C22H35NO. The van der Waals surface area contributed by atoms with Gasteiger partial charge in [0.2, 0.25) is 5.91 Å². The Balaban J connectivity index is 2.03. The minimum absolute atomic E-state index is 0.183. The molecule has 0 heterocycles. The second-order valence-electron chi connectivity index (χ2n) is 9.35. The molecule has 0 aliphatic heterocycles. The fourth-order valence-corrected chi connectivity index (χ4v) is 3.44. The van der Waals surface area contributed by atoms with Gasteiger partial charge in [0.05, 0.1) is 0 Å². The maximum Gasteiger partial charge on any atom is 0.226 e. The van der Waals surface area contributed by atoms with Gasteiger partial charge in [0.15, 0.2) is 0 Å². The van der Waals surface area contributed by atoms with Gasteiger partial charge in [-0.2, -0.15) is 0 Å². The molecule has 134 valence electrons. The van der Waals surface area contributed by atoms with Gasteiger partial charge >= 0.3 is 0 Å². The summed E-state index contributed by atoms with van der Waals surface area (Å²) in [6.45, 7) is 17.2. The Bertz CT molecular complexity index is 540. The molecule has 24 heavy (non-hydrogen) atoms. The van der Waals surface area contributed by atoms with Gasteiger partial charge in [-0.1, -0.05) is 72.7 Å². The van der Waals surface area contributed by atoms with Crippen LogP contribution in [0.5, 0.6) is 0 Å². The minimum Gasteiger partial charge on any atom is -0.342 e. The molecule has 2 nitrogen and oxygen atoms in total. The van der Waals surface area contributed by atoms with E-state index < -0.39 is 0 Å². The zero-order valence-corrected chi connectivity index (χ0v) is 16.6. The summed E-state index contributed by atoms with van der Waals surface area (Å²) in [5, 5.41) is 0. The van der Waals surface area contributed by atoms with Crippen molar-refractivity contribution in [2.75, 3.05) is 13.1 Å². The van der Waals surface area contributed by atoms with E-state index in [9.17, 15) is 4.79 Å². The third-order valence-corrected chi connectivity index (χ3v) is 4.80. The summed E-state index contributed by atoms with van der Waals surface area (Å²) in [6, 6.07) is 8.92. The van der Waals surface area contributed by atoms with Gasteiger partial charge in [0.25, 0.3) is 0 Å². The van der Waals surface area contributed by atoms with Crippen molar-refractivity contribution in [2.45, 2.75) is 66.2 Å². The maximum absolute atomic E-state index is 12.9. The van der Waals surface area contributed by atoms with Crippen molar-refractivity contribution < 1.29 is 4.79 Å². The van der Waals surface area contributed by atoms with Gasteiger partial charge < -0.3 is 4.90 Å². The van der Waals surface area contributed by atoms with Crippen molar-refractivity contribution in [2.24, 2.45) is 17.8 Å². The first-order chi connectivity index (χ1) is 11.1. The van der Waals surface area contributed by atoms with Crippen molar-refractivity contribution in [3.63, 3.8) is 0 Å². The molecule has 0 unspecified atom stereocenters. The Hall–Kier alpha value is -1.31. The largest absolute Gasteiger partial charge is 0.342 e. The van der Waals surface area contributed by atoms with Gasteiger partial charge in [0, 0.05) is 19.0 Å². The number of hydrogen-bond donors (Lipinski definition) is 0. The summed E-state index contributed by atoms with van der Waals surface area (Å²) >= 11 is 0. The first-order valence-corrected chi connectivity index (χ1v) is 9.48. The molecule has 0 N–H and O–H groups in total. The standard InChI is InChI=1S/C22H35NO/c1-15(2)13-23(14-16(3)4)21(24)20-12-19(20)17-8-10-18(11-9-17)22(5,6)7/h8-11,15-16,19-20H,12-14H2,1-7H3/t19-,20+/m1/s1. The molecule has 1 aliphatic carbocycles. The quantitative estimate of drug-likeness (QED) is 0.700. The van der Waals surface area contributed by atoms with Crippen LogP contribution in [-0.4, -0.2) is 23.9 Å². The van der Waals surface area contributed by atoms with E-state index in [2.05, 4.69) is 77.6 Å². The topological polar surface area (TPSA) is 20.3 Å². The number of carbonyl (C=O) groups is 1. The summed E-state index contributed by atoms with van der Waals surface area (Å²) in [5.41, 5.74) is 2.87. The molecule has 1 aromatic rings. The number of nitrogens with zero attached hydrogens (tertiary/aromatic N) is 1. The lowest BCUT2D eigenvalue weighted by Crippen LogP contribution is -2.38. The third kappa shape index (κ3) is 4.84. The molecule has 0 spiro atoms. The van der Waals surface area contributed by atoms with E-state index in [-0.39, 0.29) is 11.3 Å². The lowest BCUT2D eigenvalue weighted by atomic mass is 9.86. The Labute approximate surface area is 148 Å². The Morgan fingerprint density at radius 2 is 1.54 bits per heavy atom. The van der Waals surface area contributed by atoms with Crippen molar-refractivity contribution >= 4 is 5.91 Å². The van der Waals surface area contributed by atoms with E-state index in [0.29, 0.717) is 23.7 Å². The summed E-state index contributed by atoms with van der Waals surface area (Å²) in [6.07, 6.45) is 1.01. The molecular weight excluding hydrogens is 294 g/mol. The number of rotatable bonds is 6. The van der Waals surface area contributed by atoms with Gasteiger partial charge in [-0.15, -0.1) is 0 Å². The van der Waals surface area contributed by atoms with Crippen LogP contribution in [0, 0.1) is 17.8 Å². The van der Waals surface area contributed by atoms with Gasteiger partial charge in [-0.25, -0.2) is 0 Å². The highest BCUT2D eigenvalue weighted by atomic mass is 16.2. The molecule has 1 aromatic carbocycles. The van der Waals surface area contributed by atoms with E-state index in [1.807, 2.05) is 0 Å². The maximum atomic E-state index is 12.9. The Morgan fingerprint density at radius 3 is 1.96 bits per heavy atom. The van der Waals surface area contributed by atoms with E-state index in [0.717, 1.165) is 19.5 Å². The number of amides is 1. The van der Waals surface area contributed by atoms with Crippen molar-refractivity contribution in [1.82, 2.24) is 4.90 Å². The highest BCUT2D eigenvalue weighted by Gasteiger charge is 2.45.